The predicted octanol–water partition coefficient (Wildman–Crippen LogP) is 2.83. The maximum Gasteiger partial charge on any atom is 0.328 e. The standard InChI is InChI=1S/C17H35N3O3.HI/c1-7-10-17(22,11-8-2)13-20-15(18-9-3)19-12-14(21)23-16(4,5)6;/h22H,7-13H2,1-6H3,(H2,18,19,20);1H. The summed E-state index contributed by atoms with van der Waals surface area (Å²) < 4.78 is 5.24. The van der Waals surface area contributed by atoms with Crippen molar-refractivity contribution in [2.24, 2.45) is 4.99 Å². The molecule has 0 fully saturated rings. The summed E-state index contributed by atoms with van der Waals surface area (Å²) in [4.78, 5) is 16.0. The van der Waals surface area contributed by atoms with E-state index >= 15 is 0 Å². The Morgan fingerprint density at radius 3 is 2.04 bits per heavy atom. The van der Waals surface area contributed by atoms with Gasteiger partial charge in [-0.3, -0.25) is 4.79 Å². The zero-order chi connectivity index (χ0) is 17.9. The van der Waals surface area contributed by atoms with Crippen LogP contribution in [0.5, 0.6) is 0 Å². The van der Waals surface area contributed by atoms with Gasteiger partial charge in [-0.1, -0.05) is 26.7 Å². The number of halogens is 1. The Labute approximate surface area is 164 Å². The van der Waals surface area contributed by atoms with Crippen molar-refractivity contribution in [1.82, 2.24) is 10.6 Å². The number of nitrogens with one attached hydrogen (secondary N) is 2. The molecule has 0 aromatic carbocycles. The van der Waals surface area contributed by atoms with Crippen LogP contribution in [0.1, 0.15) is 67.2 Å². The van der Waals surface area contributed by atoms with Crippen LogP contribution in [-0.4, -0.2) is 47.9 Å². The van der Waals surface area contributed by atoms with E-state index in [2.05, 4.69) is 29.5 Å². The van der Waals surface area contributed by atoms with Crippen molar-refractivity contribution in [1.29, 1.82) is 0 Å². The highest BCUT2D eigenvalue weighted by atomic mass is 127. The van der Waals surface area contributed by atoms with E-state index in [0.717, 1.165) is 25.7 Å². The maximum absolute atomic E-state index is 11.7. The molecule has 0 aliphatic carbocycles. The molecule has 0 amide bonds. The maximum atomic E-state index is 11.7. The highest BCUT2D eigenvalue weighted by molar-refractivity contribution is 14.0. The van der Waals surface area contributed by atoms with Crippen molar-refractivity contribution in [2.45, 2.75) is 78.4 Å². The number of esters is 1. The highest BCUT2D eigenvalue weighted by Crippen LogP contribution is 2.18. The first-order valence-electron chi connectivity index (χ1n) is 8.62. The fourth-order valence-corrected chi connectivity index (χ4v) is 2.34. The smallest absolute Gasteiger partial charge is 0.328 e. The van der Waals surface area contributed by atoms with Gasteiger partial charge in [-0.25, -0.2) is 4.99 Å². The lowest BCUT2D eigenvalue weighted by Crippen LogP contribution is -2.47. The van der Waals surface area contributed by atoms with Crippen LogP contribution in [0.2, 0.25) is 0 Å². The molecule has 0 aromatic rings. The molecule has 6 nitrogen and oxygen atoms in total. The summed E-state index contributed by atoms with van der Waals surface area (Å²) in [7, 11) is 0. The van der Waals surface area contributed by atoms with E-state index < -0.39 is 11.2 Å². The van der Waals surface area contributed by atoms with Gasteiger partial charge in [-0.15, -0.1) is 24.0 Å². The van der Waals surface area contributed by atoms with Crippen LogP contribution >= 0.6 is 24.0 Å². The van der Waals surface area contributed by atoms with Crippen molar-refractivity contribution in [3.8, 4) is 0 Å². The van der Waals surface area contributed by atoms with E-state index in [0.29, 0.717) is 19.0 Å². The Bertz CT molecular complexity index is 376. The zero-order valence-corrected chi connectivity index (χ0v) is 18.4. The van der Waals surface area contributed by atoms with E-state index in [1.165, 1.54) is 0 Å². The van der Waals surface area contributed by atoms with Gasteiger partial charge in [0, 0.05) is 13.1 Å². The number of carbonyl (C=O) groups excluding carboxylic acids is 1. The monoisotopic (exact) mass is 457 g/mol. The number of nitrogens with zero attached hydrogens (tertiary/aromatic N) is 1. The van der Waals surface area contributed by atoms with Gasteiger partial charge in [0.15, 0.2) is 5.96 Å². The molecular weight excluding hydrogens is 421 g/mol. The summed E-state index contributed by atoms with van der Waals surface area (Å²) in [6.07, 6.45) is 3.31. The fourth-order valence-electron chi connectivity index (χ4n) is 2.34. The van der Waals surface area contributed by atoms with Crippen molar-refractivity contribution < 1.29 is 14.6 Å². The second-order valence-electron chi connectivity index (χ2n) is 6.86. The average Bonchev–Trinajstić information content (AvgIpc) is 2.40. The van der Waals surface area contributed by atoms with E-state index in [-0.39, 0.29) is 36.5 Å². The number of rotatable bonds is 9. The average molecular weight is 457 g/mol. The second kappa shape index (κ2) is 12.7. The molecule has 0 saturated heterocycles. The van der Waals surface area contributed by atoms with E-state index in [1.807, 2.05) is 27.7 Å². The minimum atomic E-state index is -0.744. The molecular formula is C17H36IN3O3. The Balaban J connectivity index is 0. The van der Waals surface area contributed by atoms with Crippen molar-refractivity contribution in [2.75, 3.05) is 19.6 Å². The molecule has 0 atom stereocenters. The molecule has 3 N–H and O–H groups in total. The lowest BCUT2D eigenvalue weighted by Gasteiger charge is -2.28. The number of aliphatic imine (C=N–C) groups is 1. The quantitative estimate of drug-likeness (QED) is 0.215. The van der Waals surface area contributed by atoms with Gasteiger partial charge in [0.2, 0.25) is 0 Å². The van der Waals surface area contributed by atoms with Crippen LogP contribution in [0.25, 0.3) is 0 Å². The first kappa shape index (κ1) is 25.7. The largest absolute Gasteiger partial charge is 0.459 e. The molecule has 0 aliphatic rings. The molecule has 0 unspecified atom stereocenters. The number of hydrogen-bond donors (Lipinski definition) is 3. The Morgan fingerprint density at radius 2 is 1.62 bits per heavy atom. The lowest BCUT2D eigenvalue weighted by atomic mass is 9.93. The molecule has 0 spiro atoms. The minimum absolute atomic E-state index is 0. The summed E-state index contributed by atoms with van der Waals surface area (Å²) in [5.74, 6) is 0.149. The van der Waals surface area contributed by atoms with Gasteiger partial charge in [0.05, 0.1) is 5.60 Å². The van der Waals surface area contributed by atoms with E-state index in [4.69, 9.17) is 4.74 Å². The SMILES string of the molecule is CCCC(O)(CCC)CNC(=NCC(=O)OC(C)(C)C)NCC.I. The van der Waals surface area contributed by atoms with Crippen molar-refractivity contribution in [3.63, 3.8) is 0 Å². The number of ether oxygens (including phenoxy) is 1. The first-order valence-corrected chi connectivity index (χ1v) is 8.62. The third-order valence-corrected chi connectivity index (χ3v) is 3.15. The van der Waals surface area contributed by atoms with Crippen LogP contribution in [0, 0.1) is 0 Å². The van der Waals surface area contributed by atoms with Gasteiger partial charge in [0.1, 0.15) is 12.1 Å². The zero-order valence-electron chi connectivity index (χ0n) is 16.1. The summed E-state index contributed by atoms with van der Waals surface area (Å²) in [5.41, 5.74) is -1.26. The van der Waals surface area contributed by atoms with Gasteiger partial charge < -0.3 is 20.5 Å². The molecule has 144 valence electrons. The predicted molar refractivity (Wildman–Crippen MR) is 110 cm³/mol. The Morgan fingerprint density at radius 1 is 1.08 bits per heavy atom. The normalized spacial score (nSPS) is 12.4. The molecule has 0 heterocycles. The van der Waals surface area contributed by atoms with Gasteiger partial charge in [0.25, 0.3) is 0 Å². The third-order valence-electron chi connectivity index (χ3n) is 3.15. The van der Waals surface area contributed by atoms with Gasteiger partial charge in [-0.2, -0.15) is 0 Å². The summed E-state index contributed by atoms with van der Waals surface area (Å²) in [6.45, 7) is 12.6. The fraction of sp³-hybridized carbons (Fsp3) is 0.882. The van der Waals surface area contributed by atoms with E-state index in [1.54, 1.807) is 0 Å². The molecule has 0 bridgehead atoms. The van der Waals surface area contributed by atoms with Crippen LogP contribution in [0.3, 0.4) is 0 Å². The number of carbonyl (C=O) groups is 1. The number of guanidine groups is 1. The van der Waals surface area contributed by atoms with Crippen LogP contribution in [-0.2, 0) is 9.53 Å². The highest BCUT2D eigenvalue weighted by Gasteiger charge is 2.25. The molecule has 0 aliphatic heterocycles. The van der Waals surface area contributed by atoms with Crippen LogP contribution in [0.15, 0.2) is 4.99 Å². The van der Waals surface area contributed by atoms with Gasteiger partial charge >= 0.3 is 5.97 Å². The summed E-state index contributed by atoms with van der Waals surface area (Å²) >= 11 is 0. The second-order valence-corrected chi connectivity index (χ2v) is 6.86. The Hall–Kier alpha value is -0.570. The summed E-state index contributed by atoms with van der Waals surface area (Å²) in [6, 6.07) is 0. The first-order chi connectivity index (χ1) is 10.7. The molecule has 0 saturated carbocycles. The van der Waals surface area contributed by atoms with Crippen LogP contribution in [0.4, 0.5) is 0 Å². The topological polar surface area (TPSA) is 83.0 Å². The van der Waals surface area contributed by atoms with Crippen molar-refractivity contribution in [3.05, 3.63) is 0 Å². The van der Waals surface area contributed by atoms with Crippen molar-refractivity contribution >= 4 is 35.9 Å². The number of hydrogen-bond acceptors (Lipinski definition) is 4. The minimum Gasteiger partial charge on any atom is -0.459 e. The third kappa shape index (κ3) is 12.8. The molecule has 0 aromatic heterocycles. The van der Waals surface area contributed by atoms with Crippen LogP contribution < -0.4 is 10.6 Å². The molecule has 0 rings (SSSR count). The lowest BCUT2D eigenvalue weighted by molar-refractivity contribution is -0.152. The Kier molecular flexibility index (Phi) is 13.6. The number of aliphatic hydroxyl groups is 1. The van der Waals surface area contributed by atoms with E-state index in [9.17, 15) is 9.90 Å². The summed E-state index contributed by atoms with van der Waals surface area (Å²) in [5, 5.41) is 16.8. The molecule has 0 radical (unpaired) electrons. The van der Waals surface area contributed by atoms with Gasteiger partial charge in [-0.05, 0) is 40.5 Å². The molecule has 24 heavy (non-hydrogen) atoms. The molecule has 7 heteroatoms.